The van der Waals surface area contributed by atoms with E-state index < -0.39 is 0 Å². The molecule has 124 valence electrons. The molecule has 1 fully saturated rings. The lowest BCUT2D eigenvalue weighted by Gasteiger charge is -2.32. The number of rotatable bonds is 8. The third kappa shape index (κ3) is 6.03. The lowest BCUT2D eigenvalue weighted by Crippen LogP contribution is -2.43. The minimum absolute atomic E-state index is 0.163. The Kier molecular flexibility index (Phi) is 7.30. The van der Waals surface area contributed by atoms with Gasteiger partial charge in [-0.05, 0) is 69.4 Å². The van der Waals surface area contributed by atoms with E-state index in [4.69, 9.17) is 0 Å². The van der Waals surface area contributed by atoms with Gasteiger partial charge in [-0.15, -0.1) is 0 Å². The van der Waals surface area contributed by atoms with Gasteiger partial charge in [-0.25, -0.2) is 4.39 Å². The highest BCUT2D eigenvalue weighted by Crippen LogP contribution is 2.12. The Morgan fingerprint density at radius 2 is 1.95 bits per heavy atom. The molecule has 0 spiro atoms. The first-order valence-electron chi connectivity index (χ1n) is 8.55. The number of nitrogens with one attached hydrogen (secondary N) is 1. The second-order valence-electron chi connectivity index (χ2n) is 6.30. The molecule has 0 aromatic heterocycles. The summed E-state index contributed by atoms with van der Waals surface area (Å²) in [6.07, 6.45) is 4.85. The lowest BCUT2D eigenvalue weighted by atomic mass is 10.0. The highest BCUT2D eigenvalue weighted by atomic mass is 19.1. The number of hydrogen-bond acceptors (Lipinski definition) is 3. The molecule has 2 rings (SSSR count). The zero-order valence-corrected chi connectivity index (χ0v) is 13.6. The Morgan fingerprint density at radius 1 is 1.27 bits per heavy atom. The zero-order valence-electron chi connectivity index (χ0n) is 13.6. The summed E-state index contributed by atoms with van der Waals surface area (Å²) >= 11 is 0. The molecule has 1 aromatic carbocycles. The van der Waals surface area contributed by atoms with Crippen LogP contribution in [-0.4, -0.2) is 48.3 Å². The Hall–Kier alpha value is -0.970. The van der Waals surface area contributed by atoms with Crippen LogP contribution < -0.4 is 5.32 Å². The molecule has 0 radical (unpaired) electrons. The number of halogens is 1. The second kappa shape index (κ2) is 9.23. The van der Waals surface area contributed by atoms with Gasteiger partial charge in [0.2, 0.25) is 0 Å². The molecule has 3 nitrogen and oxygen atoms in total. The number of nitrogens with zero attached hydrogens (tertiary/aromatic N) is 1. The predicted octanol–water partition coefficient (Wildman–Crippen LogP) is 2.58. The number of aliphatic hydroxyl groups is 1. The fourth-order valence-electron chi connectivity index (χ4n) is 2.96. The first-order valence-corrected chi connectivity index (χ1v) is 8.55. The summed E-state index contributed by atoms with van der Waals surface area (Å²) in [7, 11) is 0. The number of hydrogen-bond donors (Lipinski definition) is 2. The fourth-order valence-corrected chi connectivity index (χ4v) is 2.96. The van der Waals surface area contributed by atoms with Crippen LogP contribution in [0.2, 0.25) is 0 Å². The number of likely N-dealkylation sites (tertiary alicyclic amines) is 1. The van der Waals surface area contributed by atoms with E-state index >= 15 is 0 Å². The van der Waals surface area contributed by atoms with E-state index in [0.29, 0.717) is 6.04 Å². The molecule has 0 saturated carbocycles. The van der Waals surface area contributed by atoms with Crippen LogP contribution in [0.3, 0.4) is 0 Å². The Balaban J connectivity index is 1.59. The van der Waals surface area contributed by atoms with Gasteiger partial charge in [0.1, 0.15) is 5.82 Å². The molecular weight excluding hydrogens is 279 g/mol. The summed E-state index contributed by atoms with van der Waals surface area (Å²) in [6.45, 7) is 6.22. The average molecular weight is 308 g/mol. The maximum absolute atomic E-state index is 12.9. The van der Waals surface area contributed by atoms with Crippen LogP contribution in [0.4, 0.5) is 4.39 Å². The van der Waals surface area contributed by atoms with Crippen LogP contribution in [0.1, 0.15) is 38.2 Å². The molecule has 1 aliphatic rings. The molecule has 1 aliphatic heterocycles. The normalized spacial score (nSPS) is 18.5. The van der Waals surface area contributed by atoms with Crippen molar-refractivity contribution in [2.24, 2.45) is 0 Å². The summed E-state index contributed by atoms with van der Waals surface area (Å²) < 4.78 is 12.9. The van der Waals surface area contributed by atoms with Crippen molar-refractivity contribution in [1.29, 1.82) is 0 Å². The predicted molar refractivity (Wildman–Crippen MR) is 88.5 cm³/mol. The maximum Gasteiger partial charge on any atom is 0.123 e. The molecule has 1 atom stereocenters. The minimum atomic E-state index is -0.164. The summed E-state index contributed by atoms with van der Waals surface area (Å²) in [5, 5.41) is 13.1. The van der Waals surface area contributed by atoms with Crippen molar-refractivity contribution in [2.45, 2.75) is 51.2 Å². The van der Waals surface area contributed by atoms with E-state index in [2.05, 4.69) is 10.2 Å². The lowest BCUT2D eigenvalue weighted by molar-refractivity contribution is 0.153. The second-order valence-corrected chi connectivity index (χ2v) is 6.30. The van der Waals surface area contributed by atoms with E-state index in [1.807, 2.05) is 19.1 Å². The number of piperidine rings is 1. The first-order chi connectivity index (χ1) is 10.7. The van der Waals surface area contributed by atoms with E-state index in [0.717, 1.165) is 45.4 Å². The molecule has 1 saturated heterocycles. The van der Waals surface area contributed by atoms with Gasteiger partial charge in [0.15, 0.2) is 0 Å². The van der Waals surface area contributed by atoms with Crippen molar-refractivity contribution in [1.82, 2.24) is 10.2 Å². The standard InChI is InChI=1S/C18H29FN2O/c1-2-18(22)7-11-20-17-9-13-21(14-10-17)12-8-15-3-5-16(19)6-4-15/h3-6,17-18,20,22H,2,7-14H2,1H3. The summed E-state index contributed by atoms with van der Waals surface area (Å²) in [5.74, 6) is -0.163. The molecule has 1 heterocycles. The van der Waals surface area contributed by atoms with Gasteiger partial charge in [-0.1, -0.05) is 19.1 Å². The van der Waals surface area contributed by atoms with E-state index in [-0.39, 0.29) is 11.9 Å². The monoisotopic (exact) mass is 308 g/mol. The van der Waals surface area contributed by atoms with Gasteiger partial charge in [-0.3, -0.25) is 0 Å². The fraction of sp³-hybridized carbons (Fsp3) is 0.667. The van der Waals surface area contributed by atoms with Crippen molar-refractivity contribution in [2.75, 3.05) is 26.2 Å². The van der Waals surface area contributed by atoms with Crippen LogP contribution in [0.15, 0.2) is 24.3 Å². The molecule has 1 aromatic rings. The summed E-state index contributed by atoms with van der Waals surface area (Å²) in [5.41, 5.74) is 1.20. The van der Waals surface area contributed by atoms with Crippen molar-refractivity contribution < 1.29 is 9.50 Å². The topological polar surface area (TPSA) is 35.5 Å². The molecular formula is C18H29FN2O. The van der Waals surface area contributed by atoms with Crippen molar-refractivity contribution in [3.8, 4) is 0 Å². The Bertz CT molecular complexity index is 416. The largest absolute Gasteiger partial charge is 0.393 e. The van der Waals surface area contributed by atoms with Crippen LogP contribution in [0, 0.1) is 5.82 Å². The van der Waals surface area contributed by atoms with Crippen molar-refractivity contribution in [3.05, 3.63) is 35.6 Å². The molecule has 0 aliphatic carbocycles. The van der Waals surface area contributed by atoms with Crippen LogP contribution in [0.25, 0.3) is 0 Å². The highest BCUT2D eigenvalue weighted by molar-refractivity contribution is 5.16. The first kappa shape index (κ1) is 17.4. The molecule has 0 bridgehead atoms. The molecule has 4 heteroatoms. The van der Waals surface area contributed by atoms with E-state index in [1.165, 1.54) is 30.5 Å². The van der Waals surface area contributed by atoms with Crippen LogP contribution >= 0.6 is 0 Å². The summed E-state index contributed by atoms with van der Waals surface area (Å²) in [6, 6.07) is 7.42. The summed E-state index contributed by atoms with van der Waals surface area (Å²) in [4.78, 5) is 2.49. The van der Waals surface area contributed by atoms with E-state index in [9.17, 15) is 9.50 Å². The molecule has 22 heavy (non-hydrogen) atoms. The van der Waals surface area contributed by atoms with E-state index in [1.54, 1.807) is 0 Å². The molecule has 0 amide bonds. The Labute approximate surface area is 133 Å². The number of aliphatic hydroxyl groups excluding tert-OH is 1. The average Bonchev–Trinajstić information content (AvgIpc) is 2.55. The van der Waals surface area contributed by atoms with Crippen LogP contribution in [-0.2, 0) is 6.42 Å². The third-order valence-corrected chi connectivity index (χ3v) is 4.60. The van der Waals surface area contributed by atoms with Gasteiger partial charge < -0.3 is 15.3 Å². The zero-order chi connectivity index (χ0) is 15.8. The SMILES string of the molecule is CCC(O)CCNC1CCN(CCc2ccc(F)cc2)CC1. The van der Waals surface area contributed by atoms with Crippen molar-refractivity contribution >= 4 is 0 Å². The molecule has 1 unspecified atom stereocenters. The quantitative estimate of drug-likeness (QED) is 0.775. The van der Waals surface area contributed by atoms with Gasteiger partial charge in [0.25, 0.3) is 0 Å². The minimum Gasteiger partial charge on any atom is -0.393 e. The van der Waals surface area contributed by atoms with Gasteiger partial charge in [0, 0.05) is 12.6 Å². The van der Waals surface area contributed by atoms with Crippen LogP contribution in [0.5, 0.6) is 0 Å². The van der Waals surface area contributed by atoms with Gasteiger partial charge >= 0.3 is 0 Å². The van der Waals surface area contributed by atoms with Gasteiger partial charge in [-0.2, -0.15) is 0 Å². The highest BCUT2D eigenvalue weighted by Gasteiger charge is 2.18. The Morgan fingerprint density at radius 3 is 2.59 bits per heavy atom. The third-order valence-electron chi connectivity index (χ3n) is 4.60. The maximum atomic E-state index is 12.9. The van der Waals surface area contributed by atoms with Crippen molar-refractivity contribution in [3.63, 3.8) is 0 Å². The van der Waals surface area contributed by atoms with Gasteiger partial charge in [0.05, 0.1) is 6.10 Å². The molecule has 2 N–H and O–H groups in total. The number of benzene rings is 1. The smallest absolute Gasteiger partial charge is 0.123 e.